The fourth-order valence-corrected chi connectivity index (χ4v) is 2.05. The van der Waals surface area contributed by atoms with Crippen LogP contribution in [-0.2, 0) is 10.0 Å². The van der Waals surface area contributed by atoms with Crippen molar-refractivity contribution in [3.63, 3.8) is 0 Å². The normalized spacial score (nSPS) is 11.7. The molecule has 88 valence electrons. The Morgan fingerprint density at radius 3 is 2.19 bits per heavy atom. The minimum Gasteiger partial charge on any atom is -0.258 e. The monoisotopic (exact) mass is 245 g/mol. The fourth-order valence-electron chi connectivity index (χ4n) is 1.02. The maximum absolute atomic E-state index is 11.7. The summed E-state index contributed by atoms with van der Waals surface area (Å²) in [5.74, 6) is 0. The molecule has 0 amide bonds. The molecule has 0 bridgehead atoms. The van der Waals surface area contributed by atoms with E-state index in [4.69, 9.17) is 0 Å². The first-order valence-electron chi connectivity index (χ1n) is 4.30. The third kappa shape index (κ3) is 2.35. The van der Waals surface area contributed by atoms with Gasteiger partial charge in [0.25, 0.3) is 15.7 Å². The van der Waals surface area contributed by atoms with Crippen molar-refractivity contribution in [1.29, 1.82) is 0 Å². The Morgan fingerprint density at radius 2 is 1.81 bits per heavy atom. The van der Waals surface area contributed by atoms with Gasteiger partial charge in [0.2, 0.25) is 0 Å². The van der Waals surface area contributed by atoms with Crippen molar-refractivity contribution in [3.05, 3.63) is 34.4 Å². The van der Waals surface area contributed by atoms with Crippen molar-refractivity contribution >= 4 is 15.7 Å². The predicted molar refractivity (Wildman–Crippen MR) is 57.1 cm³/mol. The topological polar surface area (TPSA) is 92.6 Å². The minimum absolute atomic E-state index is 0.00468. The molecule has 1 aromatic carbocycles. The molecule has 0 unspecified atom stereocenters. The first-order chi connectivity index (χ1) is 7.39. The van der Waals surface area contributed by atoms with E-state index in [9.17, 15) is 18.5 Å². The third-order valence-corrected chi connectivity index (χ3v) is 3.79. The van der Waals surface area contributed by atoms with Crippen molar-refractivity contribution in [2.75, 3.05) is 14.1 Å². The Morgan fingerprint density at radius 1 is 1.31 bits per heavy atom. The number of non-ortho nitro benzene ring substituents is 1. The van der Waals surface area contributed by atoms with E-state index < -0.39 is 14.9 Å². The van der Waals surface area contributed by atoms with Crippen molar-refractivity contribution < 1.29 is 13.3 Å². The number of nitro benzene ring substituents is 1. The largest absolute Gasteiger partial charge is 0.269 e. The lowest BCUT2D eigenvalue weighted by molar-refractivity contribution is -0.384. The van der Waals surface area contributed by atoms with E-state index in [0.717, 1.165) is 16.5 Å². The average molecular weight is 245 g/mol. The molecule has 1 N–H and O–H groups in total. The first-order valence-corrected chi connectivity index (χ1v) is 5.74. The van der Waals surface area contributed by atoms with Crippen molar-refractivity contribution in [2.45, 2.75) is 4.90 Å². The average Bonchev–Trinajstić information content (AvgIpc) is 2.28. The molecule has 0 radical (unpaired) electrons. The second-order valence-corrected chi connectivity index (χ2v) is 4.92. The van der Waals surface area contributed by atoms with Gasteiger partial charge in [0, 0.05) is 19.2 Å². The smallest absolute Gasteiger partial charge is 0.258 e. The van der Waals surface area contributed by atoms with E-state index >= 15 is 0 Å². The molecule has 0 aromatic heterocycles. The van der Waals surface area contributed by atoms with Crippen LogP contribution in [0.1, 0.15) is 0 Å². The number of hydrogen-bond donors (Lipinski definition) is 1. The zero-order valence-corrected chi connectivity index (χ0v) is 9.56. The summed E-state index contributed by atoms with van der Waals surface area (Å²) in [6, 6.07) is 4.69. The highest BCUT2D eigenvalue weighted by Crippen LogP contribution is 2.17. The Bertz CT molecular complexity index is 483. The van der Waals surface area contributed by atoms with Crippen LogP contribution in [0.2, 0.25) is 0 Å². The number of nitrogens with zero attached hydrogens (tertiary/aromatic N) is 2. The number of sulfonamides is 1. The van der Waals surface area contributed by atoms with Crippen LogP contribution in [0.25, 0.3) is 0 Å². The van der Waals surface area contributed by atoms with E-state index in [1.54, 1.807) is 0 Å². The zero-order valence-electron chi connectivity index (χ0n) is 8.75. The predicted octanol–water partition coefficient (Wildman–Crippen LogP) is 0.350. The van der Waals surface area contributed by atoms with Gasteiger partial charge in [-0.15, -0.1) is 4.41 Å². The zero-order chi connectivity index (χ0) is 12.3. The fraction of sp³-hybridized carbons (Fsp3) is 0.250. The van der Waals surface area contributed by atoms with E-state index in [0.29, 0.717) is 0 Å². The summed E-state index contributed by atoms with van der Waals surface area (Å²) >= 11 is 0. The van der Waals surface area contributed by atoms with Gasteiger partial charge in [-0.05, 0) is 19.2 Å². The summed E-state index contributed by atoms with van der Waals surface area (Å²) in [5, 5.41) is 10.4. The molecule has 8 heteroatoms. The molecule has 0 aliphatic rings. The van der Waals surface area contributed by atoms with Crippen molar-refractivity contribution in [3.8, 4) is 0 Å². The van der Waals surface area contributed by atoms with Crippen LogP contribution in [0, 0.1) is 10.1 Å². The maximum atomic E-state index is 11.7. The highest BCUT2D eigenvalue weighted by Gasteiger charge is 2.20. The Hall–Kier alpha value is -1.51. The summed E-state index contributed by atoms with van der Waals surface area (Å²) in [6.07, 6.45) is 0. The molecule has 1 rings (SSSR count). The van der Waals surface area contributed by atoms with Gasteiger partial charge in [-0.3, -0.25) is 10.1 Å². The van der Waals surface area contributed by atoms with Crippen LogP contribution in [0.3, 0.4) is 0 Å². The number of nitro groups is 1. The van der Waals surface area contributed by atoms with Gasteiger partial charge in [-0.25, -0.2) is 13.8 Å². The summed E-state index contributed by atoms with van der Waals surface area (Å²) in [4.78, 5) is 9.80. The van der Waals surface area contributed by atoms with Crippen LogP contribution in [0.15, 0.2) is 29.2 Å². The number of rotatable bonds is 4. The quantitative estimate of drug-likeness (QED) is 0.610. The van der Waals surface area contributed by atoms with Crippen molar-refractivity contribution in [2.24, 2.45) is 0 Å². The van der Waals surface area contributed by atoms with Gasteiger partial charge < -0.3 is 0 Å². The summed E-state index contributed by atoms with van der Waals surface area (Å²) in [5.41, 5.74) is 2.31. The standard InChI is InChI=1S/C8H11N3O4S/c1-9-10(2)16(14,15)8-5-3-7(4-6-8)11(12)13/h3-6,9H,1-2H3. The molecule has 16 heavy (non-hydrogen) atoms. The lowest BCUT2D eigenvalue weighted by atomic mass is 10.3. The Labute approximate surface area is 92.9 Å². The van der Waals surface area contributed by atoms with E-state index in [1.165, 1.54) is 26.2 Å². The van der Waals surface area contributed by atoms with Crippen LogP contribution in [0.4, 0.5) is 5.69 Å². The molecule has 0 fully saturated rings. The molecule has 0 heterocycles. The highest BCUT2D eigenvalue weighted by atomic mass is 32.2. The molecular formula is C8H11N3O4S. The van der Waals surface area contributed by atoms with E-state index in [1.807, 2.05) is 0 Å². The van der Waals surface area contributed by atoms with Gasteiger partial charge in [0.1, 0.15) is 0 Å². The molecule has 0 atom stereocenters. The Balaban J connectivity index is 3.12. The number of benzene rings is 1. The molecular weight excluding hydrogens is 234 g/mol. The van der Waals surface area contributed by atoms with Gasteiger partial charge >= 0.3 is 0 Å². The van der Waals surface area contributed by atoms with Crippen LogP contribution in [-0.4, -0.2) is 31.9 Å². The second-order valence-electron chi connectivity index (χ2n) is 2.95. The Kier molecular flexibility index (Phi) is 3.58. The molecule has 0 saturated carbocycles. The molecule has 1 aromatic rings. The number of nitrogens with one attached hydrogen (secondary N) is 1. The van der Waals surface area contributed by atoms with Gasteiger partial charge in [0.15, 0.2) is 0 Å². The second kappa shape index (κ2) is 4.56. The maximum Gasteiger partial charge on any atom is 0.269 e. The third-order valence-electron chi connectivity index (χ3n) is 2.02. The molecule has 0 aliphatic heterocycles. The van der Waals surface area contributed by atoms with Gasteiger partial charge in [0.05, 0.1) is 9.82 Å². The lowest BCUT2D eigenvalue weighted by Crippen LogP contribution is -2.36. The molecule has 0 aliphatic carbocycles. The first kappa shape index (κ1) is 12.6. The highest BCUT2D eigenvalue weighted by molar-refractivity contribution is 7.89. The molecule has 7 nitrogen and oxygen atoms in total. The summed E-state index contributed by atoms with van der Waals surface area (Å²) in [7, 11) is -0.827. The lowest BCUT2D eigenvalue weighted by Gasteiger charge is -2.14. The number of hydrazine groups is 1. The van der Waals surface area contributed by atoms with Crippen LogP contribution in [0.5, 0.6) is 0 Å². The van der Waals surface area contributed by atoms with E-state index in [-0.39, 0.29) is 10.6 Å². The van der Waals surface area contributed by atoms with Gasteiger partial charge in [-0.1, -0.05) is 0 Å². The summed E-state index contributed by atoms with van der Waals surface area (Å²) < 4.78 is 24.4. The van der Waals surface area contributed by atoms with Crippen molar-refractivity contribution in [1.82, 2.24) is 9.84 Å². The van der Waals surface area contributed by atoms with Crippen LogP contribution >= 0.6 is 0 Å². The summed E-state index contributed by atoms with van der Waals surface area (Å²) in [6.45, 7) is 0. The van der Waals surface area contributed by atoms with Crippen LogP contribution < -0.4 is 5.43 Å². The molecule has 0 saturated heterocycles. The SMILES string of the molecule is CNN(C)S(=O)(=O)c1ccc([N+](=O)[O-])cc1. The minimum atomic E-state index is -3.63. The van der Waals surface area contributed by atoms with E-state index in [2.05, 4.69) is 5.43 Å². The van der Waals surface area contributed by atoms with Gasteiger partial charge in [-0.2, -0.15) is 0 Å². The molecule has 0 spiro atoms. The number of hydrogen-bond acceptors (Lipinski definition) is 5.